The first-order valence-electron chi connectivity index (χ1n) is 4.87. The molecule has 0 spiro atoms. The van der Waals surface area contributed by atoms with Crippen molar-refractivity contribution in [2.75, 3.05) is 6.61 Å². The summed E-state index contributed by atoms with van der Waals surface area (Å²) in [4.78, 5) is 14.5. The Morgan fingerprint density at radius 2 is 2.38 bits per heavy atom. The topological polar surface area (TPSA) is 65.9 Å². The Balaban J connectivity index is 3.09. The van der Waals surface area contributed by atoms with Crippen molar-refractivity contribution in [1.82, 2.24) is 4.98 Å². The van der Waals surface area contributed by atoms with E-state index >= 15 is 0 Å². The van der Waals surface area contributed by atoms with Crippen LogP contribution in [-0.4, -0.2) is 16.6 Å². The van der Waals surface area contributed by atoms with E-state index in [2.05, 4.69) is 4.98 Å². The Morgan fingerprint density at radius 1 is 1.69 bits per heavy atom. The molecule has 5 heteroatoms. The maximum atomic E-state index is 11.5. The van der Waals surface area contributed by atoms with Gasteiger partial charge in [0.1, 0.15) is 11.6 Å². The number of ether oxygens (including phenoxy) is 1. The Hall–Kier alpha value is -1.67. The number of pyridine rings is 1. The second kappa shape index (κ2) is 5.42. The zero-order valence-electron chi connectivity index (χ0n) is 9.16. The summed E-state index contributed by atoms with van der Waals surface area (Å²) in [6.45, 7) is 4.07. The van der Waals surface area contributed by atoms with Crippen LogP contribution in [0.1, 0.15) is 23.9 Å². The van der Waals surface area contributed by atoms with Crippen LogP contribution in [0.15, 0.2) is 10.9 Å². The highest BCUT2D eigenvalue weighted by atomic mass is 32.1. The van der Waals surface area contributed by atoms with Crippen molar-refractivity contribution in [3.63, 3.8) is 0 Å². The molecule has 0 unspecified atom stereocenters. The van der Waals surface area contributed by atoms with Crippen molar-refractivity contribution < 1.29 is 4.74 Å². The lowest BCUT2D eigenvalue weighted by atomic mass is 10.1. The van der Waals surface area contributed by atoms with Gasteiger partial charge in [0.15, 0.2) is 10.5 Å². The summed E-state index contributed by atoms with van der Waals surface area (Å²) < 4.78 is 5.13. The molecule has 1 aromatic heterocycles. The van der Waals surface area contributed by atoms with E-state index in [1.54, 1.807) is 6.92 Å². The number of thiocarbonyl (C=S) groups is 1. The van der Waals surface area contributed by atoms with Crippen molar-refractivity contribution in [2.45, 2.75) is 20.3 Å². The van der Waals surface area contributed by atoms with Gasteiger partial charge in [0.25, 0.3) is 0 Å². The average molecular weight is 236 g/mol. The Kier molecular flexibility index (Phi) is 4.20. The molecule has 1 rings (SSSR count). The number of nitrogens with zero attached hydrogens (tertiary/aromatic N) is 1. The molecule has 16 heavy (non-hydrogen) atoms. The number of nitriles is 1. The van der Waals surface area contributed by atoms with Crippen molar-refractivity contribution in [1.29, 1.82) is 5.26 Å². The molecule has 1 N–H and O–H groups in total. The smallest absolute Gasteiger partial charge is 0.199 e. The molecule has 0 aliphatic heterocycles. The number of nitrogens with one attached hydrogen (secondary N) is 1. The van der Waals surface area contributed by atoms with Gasteiger partial charge in [-0.2, -0.15) is 5.26 Å². The van der Waals surface area contributed by atoms with E-state index in [0.29, 0.717) is 23.0 Å². The number of aromatic amines is 1. The molecule has 0 fully saturated rings. The van der Waals surface area contributed by atoms with Crippen LogP contribution in [0.2, 0.25) is 0 Å². The van der Waals surface area contributed by atoms with E-state index in [0.717, 1.165) is 0 Å². The summed E-state index contributed by atoms with van der Waals surface area (Å²) in [6.07, 6.45) is 0.281. The van der Waals surface area contributed by atoms with Crippen molar-refractivity contribution in [3.05, 3.63) is 33.2 Å². The van der Waals surface area contributed by atoms with Gasteiger partial charge in [0, 0.05) is 17.5 Å². The molecule has 0 saturated carbocycles. The maximum absolute atomic E-state index is 11.5. The van der Waals surface area contributed by atoms with Crippen LogP contribution >= 0.6 is 12.2 Å². The number of aromatic nitrogens is 1. The zero-order chi connectivity index (χ0) is 12.1. The molecular weight excluding hydrogens is 224 g/mol. The van der Waals surface area contributed by atoms with E-state index in [1.807, 2.05) is 13.0 Å². The minimum atomic E-state index is -0.284. The third kappa shape index (κ3) is 2.91. The maximum Gasteiger partial charge on any atom is 0.199 e. The normalized spacial score (nSPS) is 9.56. The van der Waals surface area contributed by atoms with Crippen LogP contribution in [0.25, 0.3) is 0 Å². The lowest BCUT2D eigenvalue weighted by Gasteiger charge is -2.07. The molecule has 0 radical (unpaired) electrons. The summed E-state index contributed by atoms with van der Waals surface area (Å²) in [6, 6.07) is 3.27. The van der Waals surface area contributed by atoms with Gasteiger partial charge >= 0.3 is 0 Å². The van der Waals surface area contributed by atoms with E-state index in [-0.39, 0.29) is 17.4 Å². The standard InChI is InChI=1S/C11H12N2O2S/c1-3-15-11(16)5-9-8(6-12)10(14)4-7(2)13-9/h4H,3,5H2,1-2H3,(H,13,14). The summed E-state index contributed by atoms with van der Waals surface area (Å²) in [7, 11) is 0. The van der Waals surface area contributed by atoms with E-state index in [1.165, 1.54) is 6.07 Å². The van der Waals surface area contributed by atoms with E-state index < -0.39 is 0 Å². The number of H-pyrrole nitrogens is 1. The van der Waals surface area contributed by atoms with Gasteiger partial charge in [-0.25, -0.2) is 0 Å². The number of rotatable bonds is 3. The molecule has 0 aromatic carbocycles. The van der Waals surface area contributed by atoms with Gasteiger partial charge in [-0.15, -0.1) is 0 Å². The number of aryl methyl sites for hydroxylation is 1. The fraction of sp³-hybridized carbons (Fsp3) is 0.364. The van der Waals surface area contributed by atoms with Crippen LogP contribution in [0.3, 0.4) is 0 Å². The number of hydrogen-bond donors (Lipinski definition) is 1. The predicted octanol–water partition coefficient (Wildman–Crippen LogP) is 1.46. The van der Waals surface area contributed by atoms with E-state index in [9.17, 15) is 4.79 Å². The molecule has 4 nitrogen and oxygen atoms in total. The second-order valence-electron chi connectivity index (χ2n) is 3.26. The van der Waals surface area contributed by atoms with E-state index in [4.69, 9.17) is 22.2 Å². The summed E-state index contributed by atoms with van der Waals surface area (Å²) in [5.41, 5.74) is 1.05. The third-order valence-electron chi connectivity index (χ3n) is 1.98. The second-order valence-corrected chi connectivity index (χ2v) is 3.72. The lowest BCUT2D eigenvalue weighted by Crippen LogP contribution is -2.15. The van der Waals surface area contributed by atoms with Gasteiger partial charge in [0.05, 0.1) is 13.0 Å². The molecule has 0 amide bonds. The lowest BCUT2D eigenvalue weighted by molar-refractivity contribution is 0.329. The highest BCUT2D eigenvalue weighted by molar-refractivity contribution is 7.80. The largest absolute Gasteiger partial charge is 0.487 e. The SMILES string of the molecule is CCOC(=S)Cc1[nH]c(C)cc(=O)c1C#N. The van der Waals surface area contributed by atoms with Crippen LogP contribution in [0.4, 0.5) is 0 Å². The van der Waals surface area contributed by atoms with Gasteiger partial charge in [-0.3, -0.25) is 4.79 Å². The van der Waals surface area contributed by atoms with Gasteiger partial charge in [-0.05, 0) is 26.1 Å². The number of hydrogen-bond acceptors (Lipinski definition) is 4. The highest BCUT2D eigenvalue weighted by Crippen LogP contribution is 2.04. The Labute approximate surface area is 98.9 Å². The Morgan fingerprint density at radius 3 is 2.94 bits per heavy atom. The zero-order valence-corrected chi connectivity index (χ0v) is 9.98. The highest BCUT2D eigenvalue weighted by Gasteiger charge is 2.10. The minimum Gasteiger partial charge on any atom is -0.487 e. The minimum absolute atomic E-state index is 0.104. The fourth-order valence-electron chi connectivity index (χ4n) is 1.37. The molecule has 0 atom stereocenters. The summed E-state index contributed by atoms with van der Waals surface area (Å²) >= 11 is 4.98. The molecule has 0 saturated heterocycles. The van der Waals surface area contributed by atoms with Gasteiger partial charge in [0.2, 0.25) is 0 Å². The molecule has 0 bridgehead atoms. The average Bonchev–Trinajstić information content (AvgIpc) is 2.17. The van der Waals surface area contributed by atoms with Crippen LogP contribution in [0.5, 0.6) is 0 Å². The Bertz CT molecular complexity index is 500. The van der Waals surface area contributed by atoms with Gasteiger partial charge < -0.3 is 9.72 Å². The molecule has 84 valence electrons. The van der Waals surface area contributed by atoms with Crippen molar-refractivity contribution in [3.8, 4) is 6.07 Å². The quantitative estimate of drug-likeness (QED) is 0.807. The van der Waals surface area contributed by atoms with Crippen LogP contribution in [0, 0.1) is 18.3 Å². The van der Waals surface area contributed by atoms with Crippen LogP contribution < -0.4 is 5.43 Å². The fourth-order valence-corrected chi connectivity index (χ4v) is 1.63. The monoisotopic (exact) mass is 236 g/mol. The molecular formula is C11H12N2O2S. The first kappa shape index (κ1) is 12.4. The molecule has 1 aromatic rings. The predicted molar refractivity (Wildman–Crippen MR) is 64.4 cm³/mol. The first-order chi connectivity index (χ1) is 7.58. The first-order valence-corrected chi connectivity index (χ1v) is 5.27. The van der Waals surface area contributed by atoms with Crippen molar-refractivity contribution >= 4 is 17.3 Å². The summed E-state index contributed by atoms with van der Waals surface area (Å²) in [5, 5.41) is 9.25. The molecule has 1 heterocycles. The third-order valence-corrected chi connectivity index (χ3v) is 2.24. The molecule has 0 aliphatic rings. The van der Waals surface area contributed by atoms with Crippen LogP contribution in [-0.2, 0) is 11.2 Å². The van der Waals surface area contributed by atoms with Crippen molar-refractivity contribution in [2.24, 2.45) is 0 Å². The molecule has 0 aliphatic carbocycles. The van der Waals surface area contributed by atoms with Gasteiger partial charge in [-0.1, -0.05) is 0 Å². The summed E-state index contributed by atoms with van der Waals surface area (Å²) in [5.74, 6) is 0.